The molecule has 26 heavy (non-hydrogen) atoms. The first kappa shape index (κ1) is 18.2. The van der Waals surface area contributed by atoms with E-state index in [-0.39, 0.29) is 24.3 Å². The number of carbonyl (C=O) groups is 3. The predicted octanol–water partition coefficient (Wildman–Crippen LogP) is 1.41. The molecule has 8 heteroatoms. The Labute approximate surface area is 151 Å². The highest BCUT2D eigenvalue weighted by Gasteiger charge is 2.45. The molecule has 2 heterocycles. The van der Waals surface area contributed by atoms with Gasteiger partial charge in [0, 0.05) is 18.8 Å². The molecule has 1 aromatic rings. The van der Waals surface area contributed by atoms with Gasteiger partial charge < -0.3 is 20.4 Å². The number of nitrogens with one attached hydrogen (secondary N) is 2. The van der Waals surface area contributed by atoms with Crippen LogP contribution in [0, 0.1) is 11.7 Å². The van der Waals surface area contributed by atoms with Gasteiger partial charge in [0.05, 0.1) is 6.54 Å². The van der Waals surface area contributed by atoms with E-state index in [1.54, 1.807) is 11.0 Å². The van der Waals surface area contributed by atoms with Crippen LogP contribution in [0.4, 0.5) is 14.9 Å². The van der Waals surface area contributed by atoms with Crippen LogP contribution in [-0.4, -0.2) is 59.4 Å². The molecule has 140 valence electrons. The smallest absolute Gasteiger partial charge is 0.321 e. The third kappa shape index (κ3) is 3.49. The zero-order valence-corrected chi connectivity index (χ0v) is 14.9. The summed E-state index contributed by atoms with van der Waals surface area (Å²) in [5, 5.41) is 5.42. The zero-order chi connectivity index (χ0) is 18.8. The average Bonchev–Trinajstić information content (AvgIpc) is 2.63. The first-order valence-electron chi connectivity index (χ1n) is 8.83. The highest BCUT2D eigenvalue weighted by molar-refractivity contribution is 5.98. The summed E-state index contributed by atoms with van der Waals surface area (Å²) in [6, 6.07) is 4.00. The topological polar surface area (TPSA) is 81.8 Å². The van der Waals surface area contributed by atoms with E-state index in [1.807, 2.05) is 13.8 Å². The van der Waals surface area contributed by atoms with Gasteiger partial charge in [0.2, 0.25) is 11.8 Å². The number of carbonyl (C=O) groups excluding carboxylic acids is 3. The van der Waals surface area contributed by atoms with Crippen molar-refractivity contribution in [2.45, 2.75) is 32.4 Å². The monoisotopic (exact) mass is 362 g/mol. The molecular weight excluding hydrogens is 339 g/mol. The van der Waals surface area contributed by atoms with Gasteiger partial charge in [-0.2, -0.15) is 0 Å². The van der Waals surface area contributed by atoms with Crippen LogP contribution in [0.15, 0.2) is 24.3 Å². The molecular formula is C18H23FN4O3. The van der Waals surface area contributed by atoms with Crippen molar-refractivity contribution in [3.8, 4) is 0 Å². The molecule has 0 unspecified atom stereocenters. The molecule has 2 saturated heterocycles. The lowest BCUT2D eigenvalue weighted by Crippen LogP contribution is -2.70. The van der Waals surface area contributed by atoms with Gasteiger partial charge in [-0.05, 0) is 24.1 Å². The quantitative estimate of drug-likeness (QED) is 0.853. The molecule has 0 saturated carbocycles. The number of fused-ring (bicyclic) bond motifs is 1. The van der Waals surface area contributed by atoms with Crippen LogP contribution in [0.5, 0.6) is 0 Å². The van der Waals surface area contributed by atoms with Crippen molar-refractivity contribution in [3.05, 3.63) is 30.1 Å². The summed E-state index contributed by atoms with van der Waals surface area (Å²) in [5.41, 5.74) is 0.346. The zero-order valence-electron chi connectivity index (χ0n) is 14.9. The van der Waals surface area contributed by atoms with Crippen LogP contribution in [-0.2, 0) is 9.59 Å². The Balaban J connectivity index is 1.67. The van der Waals surface area contributed by atoms with E-state index in [0.29, 0.717) is 18.8 Å². The van der Waals surface area contributed by atoms with Crippen molar-refractivity contribution in [2.75, 3.05) is 25.0 Å². The van der Waals surface area contributed by atoms with Gasteiger partial charge in [-0.15, -0.1) is 0 Å². The van der Waals surface area contributed by atoms with Gasteiger partial charge in [-0.1, -0.05) is 26.3 Å². The maximum atomic E-state index is 13.2. The largest absolute Gasteiger partial charge is 0.342 e. The number of benzene rings is 1. The van der Waals surface area contributed by atoms with E-state index in [4.69, 9.17) is 0 Å². The normalized spacial score (nSPS) is 24.0. The summed E-state index contributed by atoms with van der Waals surface area (Å²) in [6.45, 7) is 4.66. The number of halogens is 1. The van der Waals surface area contributed by atoms with Gasteiger partial charge in [-0.3, -0.25) is 9.59 Å². The SMILES string of the molecule is CC[C@H](C)[C@@H]1NC(=O)[C@H]2CN(C(=O)Nc3cccc(F)c3)CCN2C1=O. The average molecular weight is 362 g/mol. The molecule has 0 bridgehead atoms. The number of nitrogens with zero attached hydrogens (tertiary/aromatic N) is 2. The lowest BCUT2D eigenvalue weighted by molar-refractivity contribution is -0.153. The number of anilines is 1. The fourth-order valence-corrected chi connectivity index (χ4v) is 3.34. The highest BCUT2D eigenvalue weighted by Crippen LogP contribution is 2.21. The Bertz CT molecular complexity index is 726. The third-order valence-electron chi connectivity index (χ3n) is 5.11. The fourth-order valence-electron chi connectivity index (χ4n) is 3.34. The van der Waals surface area contributed by atoms with Gasteiger partial charge in [0.15, 0.2) is 0 Å². The van der Waals surface area contributed by atoms with E-state index in [0.717, 1.165) is 6.42 Å². The van der Waals surface area contributed by atoms with Crippen molar-refractivity contribution >= 4 is 23.5 Å². The Morgan fingerprint density at radius 1 is 1.38 bits per heavy atom. The number of rotatable bonds is 3. The Kier molecular flexibility index (Phi) is 5.11. The molecule has 2 N–H and O–H groups in total. The molecule has 1 aromatic carbocycles. The maximum Gasteiger partial charge on any atom is 0.321 e. The van der Waals surface area contributed by atoms with Crippen LogP contribution in [0.25, 0.3) is 0 Å². The van der Waals surface area contributed by atoms with Crippen LogP contribution in [0.1, 0.15) is 20.3 Å². The van der Waals surface area contributed by atoms with E-state index >= 15 is 0 Å². The first-order valence-corrected chi connectivity index (χ1v) is 8.83. The molecule has 0 spiro atoms. The Hall–Kier alpha value is -2.64. The maximum absolute atomic E-state index is 13.2. The summed E-state index contributed by atoms with van der Waals surface area (Å²) in [6.07, 6.45) is 0.789. The molecule has 3 rings (SSSR count). The Morgan fingerprint density at radius 3 is 2.85 bits per heavy atom. The molecule has 2 aliphatic heterocycles. The summed E-state index contributed by atoms with van der Waals surface area (Å²) in [4.78, 5) is 40.6. The van der Waals surface area contributed by atoms with Crippen LogP contribution < -0.4 is 10.6 Å². The van der Waals surface area contributed by atoms with Crippen molar-refractivity contribution in [1.29, 1.82) is 0 Å². The molecule has 4 amide bonds. The van der Waals surface area contributed by atoms with E-state index in [2.05, 4.69) is 10.6 Å². The second kappa shape index (κ2) is 7.31. The highest BCUT2D eigenvalue weighted by atomic mass is 19.1. The van der Waals surface area contributed by atoms with E-state index in [1.165, 1.54) is 23.1 Å². The van der Waals surface area contributed by atoms with Crippen molar-refractivity contribution < 1.29 is 18.8 Å². The molecule has 0 aromatic heterocycles. The molecule has 3 atom stereocenters. The second-order valence-corrected chi connectivity index (χ2v) is 6.81. The van der Waals surface area contributed by atoms with Crippen molar-refractivity contribution in [3.63, 3.8) is 0 Å². The third-order valence-corrected chi connectivity index (χ3v) is 5.11. The number of urea groups is 1. The summed E-state index contributed by atoms with van der Waals surface area (Å²) < 4.78 is 13.2. The summed E-state index contributed by atoms with van der Waals surface area (Å²) >= 11 is 0. The van der Waals surface area contributed by atoms with E-state index in [9.17, 15) is 18.8 Å². The van der Waals surface area contributed by atoms with E-state index < -0.39 is 23.9 Å². The molecule has 7 nitrogen and oxygen atoms in total. The van der Waals surface area contributed by atoms with Gasteiger partial charge in [-0.25, -0.2) is 9.18 Å². The lowest BCUT2D eigenvalue weighted by Gasteiger charge is -2.46. The van der Waals surface area contributed by atoms with Gasteiger partial charge >= 0.3 is 6.03 Å². The first-order chi connectivity index (χ1) is 12.4. The van der Waals surface area contributed by atoms with Gasteiger partial charge in [0.1, 0.15) is 17.9 Å². The van der Waals surface area contributed by atoms with Crippen molar-refractivity contribution in [1.82, 2.24) is 15.1 Å². The predicted molar refractivity (Wildman–Crippen MR) is 93.9 cm³/mol. The number of hydrogen-bond donors (Lipinski definition) is 2. The molecule has 0 aliphatic carbocycles. The van der Waals surface area contributed by atoms with Crippen LogP contribution in [0.2, 0.25) is 0 Å². The summed E-state index contributed by atoms with van der Waals surface area (Å²) in [7, 11) is 0. The van der Waals surface area contributed by atoms with Crippen LogP contribution >= 0.6 is 0 Å². The molecule has 2 aliphatic rings. The minimum atomic E-state index is -0.685. The molecule has 0 radical (unpaired) electrons. The number of amides is 4. The number of hydrogen-bond acceptors (Lipinski definition) is 3. The standard InChI is InChI=1S/C18H23FN4O3/c1-3-11(2)15-17(25)23-8-7-22(10-14(23)16(24)21-15)18(26)20-13-6-4-5-12(19)9-13/h4-6,9,11,14-15H,3,7-8,10H2,1-2H3,(H,20,26)(H,21,24)/t11-,14+,15-/m0/s1. The fraction of sp³-hybridized carbons (Fsp3) is 0.500. The minimum Gasteiger partial charge on any atom is -0.342 e. The lowest BCUT2D eigenvalue weighted by atomic mass is 9.93. The summed E-state index contributed by atoms with van der Waals surface area (Å²) in [5.74, 6) is -0.713. The van der Waals surface area contributed by atoms with Crippen molar-refractivity contribution in [2.24, 2.45) is 5.92 Å². The minimum absolute atomic E-state index is 0.0571. The Morgan fingerprint density at radius 2 is 2.15 bits per heavy atom. The molecule has 2 fully saturated rings. The number of piperazine rings is 2. The van der Waals surface area contributed by atoms with Crippen LogP contribution in [0.3, 0.4) is 0 Å². The van der Waals surface area contributed by atoms with Gasteiger partial charge in [0.25, 0.3) is 0 Å². The second-order valence-electron chi connectivity index (χ2n) is 6.81.